The maximum absolute atomic E-state index is 2.86. The first kappa shape index (κ1) is 18.5. The summed E-state index contributed by atoms with van der Waals surface area (Å²) >= 11 is 0. The van der Waals surface area contributed by atoms with Crippen LogP contribution in [0.2, 0.25) is 11.6 Å². The summed E-state index contributed by atoms with van der Waals surface area (Å²) in [6.07, 6.45) is 6.03. The van der Waals surface area contributed by atoms with Crippen LogP contribution < -0.4 is 51.4 Å². The van der Waals surface area contributed by atoms with E-state index in [-0.39, 0.29) is 51.4 Å². The molecule has 2 heteroatoms. The van der Waals surface area contributed by atoms with E-state index in [1.807, 2.05) is 0 Å². The molecule has 8 atom stereocenters. The molecule has 0 saturated heterocycles. The van der Waals surface area contributed by atoms with Gasteiger partial charge in [0.1, 0.15) is 0 Å². The fourth-order valence-corrected chi connectivity index (χ4v) is 7.21. The Morgan fingerprint density at radius 2 is 1.05 bits per heavy atom. The van der Waals surface area contributed by atoms with Crippen molar-refractivity contribution in [2.24, 2.45) is 46.3 Å². The second-order valence-corrected chi connectivity index (χ2v) is 10.4. The summed E-state index contributed by atoms with van der Waals surface area (Å²) in [7, 11) is 2.86. The van der Waals surface area contributed by atoms with Crippen LogP contribution in [-0.4, -0.2) is 7.28 Å². The molecule has 6 fully saturated rings. The molecule has 0 amide bonds. The molecule has 2 radical (unpaired) electrons. The molecule has 0 aromatic heterocycles. The number of rotatable bonds is 2. The summed E-state index contributed by atoms with van der Waals surface area (Å²) in [6, 6.07) is 0. The molecule has 0 nitrogen and oxygen atoms in total. The predicted octanol–water partition coefficient (Wildman–Crippen LogP) is 2.68. The van der Waals surface area contributed by atoms with Crippen LogP contribution in [0.5, 0.6) is 0 Å². The molecular formula is C20H34BK. The van der Waals surface area contributed by atoms with Gasteiger partial charge in [0, 0.05) is 0 Å². The average Bonchev–Trinajstić information content (AvgIpc) is 2.41. The fourth-order valence-electron chi connectivity index (χ4n) is 7.21. The molecule has 6 aliphatic carbocycles. The summed E-state index contributed by atoms with van der Waals surface area (Å²) < 4.78 is 0. The SMILES string of the molecule is C[C@H]1[C@H]([B-][C@@H]2C[C@@H]3C[C@H]([C@H]2C)C3(C)C)C[C@@H]2C[C@H]1C2(C)C.[K+]. The molecule has 118 valence electrons. The first-order chi connectivity index (χ1) is 9.73. The van der Waals surface area contributed by atoms with Crippen molar-refractivity contribution < 1.29 is 51.4 Å². The third-order valence-electron chi connectivity index (χ3n) is 9.32. The second kappa shape index (κ2) is 5.86. The normalized spacial score (nSPS) is 53.7. The molecule has 0 unspecified atom stereocenters. The van der Waals surface area contributed by atoms with Gasteiger partial charge in [-0.05, 0) is 47.3 Å². The Morgan fingerprint density at radius 1 is 0.682 bits per heavy atom. The second-order valence-electron chi connectivity index (χ2n) is 10.4. The van der Waals surface area contributed by atoms with E-state index >= 15 is 0 Å². The molecule has 0 N–H and O–H groups in total. The van der Waals surface area contributed by atoms with E-state index in [0.29, 0.717) is 10.8 Å². The van der Waals surface area contributed by atoms with Crippen molar-refractivity contribution in [1.82, 2.24) is 0 Å². The van der Waals surface area contributed by atoms with Gasteiger partial charge in [0.05, 0.1) is 0 Å². The first-order valence-electron chi connectivity index (χ1n) is 9.58. The van der Waals surface area contributed by atoms with Crippen LogP contribution in [0.25, 0.3) is 0 Å². The Morgan fingerprint density at radius 3 is 1.32 bits per heavy atom. The molecule has 6 aliphatic rings. The van der Waals surface area contributed by atoms with Crippen LogP contribution in [0.3, 0.4) is 0 Å². The van der Waals surface area contributed by atoms with Gasteiger partial charge < -0.3 is 7.28 Å². The minimum atomic E-state index is 0. The fraction of sp³-hybridized carbons (Fsp3) is 1.00. The Labute approximate surface area is 182 Å². The quantitative estimate of drug-likeness (QED) is 0.685. The summed E-state index contributed by atoms with van der Waals surface area (Å²) in [5.41, 5.74) is 1.29. The maximum atomic E-state index is 2.86. The van der Waals surface area contributed by atoms with Crippen molar-refractivity contribution in [3.63, 3.8) is 0 Å². The largest absolute Gasteiger partial charge is 1.00 e. The molecule has 0 aromatic rings. The molecule has 22 heavy (non-hydrogen) atoms. The minimum Gasteiger partial charge on any atom is -0.327 e. The molecule has 6 saturated carbocycles. The van der Waals surface area contributed by atoms with Gasteiger partial charge in [0.15, 0.2) is 0 Å². The van der Waals surface area contributed by atoms with E-state index in [4.69, 9.17) is 0 Å². The summed E-state index contributed by atoms with van der Waals surface area (Å²) in [5, 5.41) is 0. The van der Waals surface area contributed by atoms with Crippen molar-refractivity contribution >= 4 is 7.28 Å². The third kappa shape index (κ3) is 2.44. The third-order valence-corrected chi connectivity index (χ3v) is 9.32. The molecular weight excluding hydrogens is 290 g/mol. The Hall–Kier alpha value is 1.70. The molecule has 6 rings (SSSR count). The smallest absolute Gasteiger partial charge is 0.327 e. The van der Waals surface area contributed by atoms with Crippen molar-refractivity contribution in [3.05, 3.63) is 0 Å². The zero-order valence-electron chi connectivity index (χ0n) is 16.0. The standard InChI is InChI=1S/C20H34B.K/c1-11-15-7-13(19(15,3)4)9-17(11)21-18-10-14-8-16(12(18)2)20(14,5)6;/h11-18H,7-10H2,1-6H3;/q-1;+1/t11-,12-,13+,14+,15-,16-,17-,18-;/m1./s1. The van der Waals surface area contributed by atoms with Crippen LogP contribution in [0, 0.1) is 46.3 Å². The first-order valence-corrected chi connectivity index (χ1v) is 9.58. The van der Waals surface area contributed by atoms with Crippen LogP contribution in [0.4, 0.5) is 0 Å². The predicted molar refractivity (Wildman–Crippen MR) is 91.6 cm³/mol. The van der Waals surface area contributed by atoms with Crippen LogP contribution >= 0.6 is 0 Å². The van der Waals surface area contributed by atoms with E-state index in [1.54, 1.807) is 0 Å². The summed E-state index contributed by atoms with van der Waals surface area (Å²) in [5.74, 6) is 7.76. The number of hydrogen-bond donors (Lipinski definition) is 0. The van der Waals surface area contributed by atoms with Crippen molar-refractivity contribution in [2.75, 3.05) is 0 Å². The number of hydrogen-bond acceptors (Lipinski definition) is 0. The zero-order chi connectivity index (χ0) is 15.2. The summed E-state index contributed by atoms with van der Waals surface area (Å²) in [6.45, 7) is 15.2. The Kier molecular flexibility index (Phi) is 4.93. The van der Waals surface area contributed by atoms with E-state index in [2.05, 4.69) is 48.8 Å². The molecule has 0 aliphatic heterocycles. The van der Waals surface area contributed by atoms with E-state index in [0.717, 1.165) is 47.1 Å². The van der Waals surface area contributed by atoms with Gasteiger partial charge in [0.25, 0.3) is 0 Å². The topological polar surface area (TPSA) is 0 Å². The van der Waals surface area contributed by atoms with Crippen molar-refractivity contribution in [3.8, 4) is 0 Å². The van der Waals surface area contributed by atoms with Crippen LogP contribution in [0.1, 0.15) is 67.2 Å². The zero-order valence-corrected chi connectivity index (χ0v) is 19.1. The van der Waals surface area contributed by atoms with Crippen molar-refractivity contribution in [1.29, 1.82) is 0 Å². The van der Waals surface area contributed by atoms with Gasteiger partial charge in [-0.3, -0.25) is 0 Å². The Bertz CT molecular complexity index is 403. The average molecular weight is 324 g/mol. The van der Waals surface area contributed by atoms with Gasteiger partial charge in [-0.15, -0.1) is 0 Å². The van der Waals surface area contributed by atoms with E-state index in [9.17, 15) is 0 Å². The van der Waals surface area contributed by atoms with Gasteiger partial charge in [0.2, 0.25) is 0 Å². The van der Waals surface area contributed by atoms with Gasteiger partial charge in [-0.25, -0.2) is 11.6 Å². The molecule has 0 aromatic carbocycles. The number of fused-ring (bicyclic) bond motifs is 4. The maximum Gasteiger partial charge on any atom is 1.00 e. The van der Waals surface area contributed by atoms with Crippen LogP contribution in [-0.2, 0) is 0 Å². The Balaban J connectivity index is 0.00000144. The molecule has 0 heterocycles. The van der Waals surface area contributed by atoms with E-state index in [1.165, 1.54) is 25.7 Å². The van der Waals surface area contributed by atoms with Crippen LogP contribution in [0.15, 0.2) is 0 Å². The van der Waals surface area contributed by atoms with Crippen molar-refractivity contribution in [2.45, 2.75) is 78.9 Å². The molecule has 4 bridgehead atoms. The van der Waals surface area contributed by atoms with Gasteiger partial charge in [-0.2, -0.15) is 0 Å². The van der Waals surface area contributed by atoms with Gasteiger partial charge >= 0.3 is 51.4 Å². The molecule has 0 spiro atoms. The minimum absolute atomic E-state index is 0. The monoisotopic (exact) mass is 324 g/mol. The summed E-state index contributed by atoms with van der Waals surface area (Å²) in [4.78, 5) is 0. The van der Waals surface area contributed by atoms with E-state index < -0.39 is 0 Å². The van der Waals surface area contributed by atoms with Gasteiger partial charge in [-0.1, -0.05) is 66.2 Å².